The number of aromatic nitrogens is 1. The first-order chi connectivity index (χ1) is 8.61. The van der Waals surface area contributed by atoms with Gasteiger partial charge in [-0.15, -0.1) is 0 Å². The highest BCUT2D eigenvalue weighted by Gasteiger charge is 2.14. The summed E-state index contributed by atoms with van der Waals surface area (Å²) in [6, 6.07) is 8.29. The number of hydrogen-bond donors (Lipinski definition) is 1. The number of anilines is 2. The zero-order valence-electron chi connectivity index (χ0n) is 9.72. The van der Waals surface area contributed by atoms with E-state index >= 15 is 0 Å². The van der Waals surface area contributed by atoms with Crippen molar-refractivity contribution in [2.75, 3.05) is 17.7 Å². The molecule has 0 aliphatic rings. The van der Waals surface area contributed by atoms with E-state index in [0.29, 0.717) is 12.1 Å². The van der Waals surface area contributed by atoms with Crippen molar-refractivity contribution in [2.45, 2.75) is 6.54 Å². The van der Waals surface area contributed by atoms with E-state index in [9.17, 15) is 4.39 Å². The Labute approximate surface area is 108 Å². The Hall–Kier alpha value is -2.13. The molecule has 0 saturated carbocycles. The molecular formula is C12H11FN4S. The molecule has 0 aliphatic carbocycles. The monoisotopic (exact) mass is 262 g/mol. The van der Waals surface area contributed by atoms with Crippen LogP contribution in [0.3, 0.4) is 0 Å². The van der Waals surface area contributed by atoms with Gasteiger partial charge >= 0.3 is 0 Å². The lowest BCUT2D eigenvalue weighted by atomic mass is 10.2. The average Bonchev–Trinajstić information content (AvgIpc) is 2.73. The molecule has 1 aromatic heterocycles. The van der Waals surface area contributed by atoms with E-state index in [1.807, 2.05) is 18.0 Å². The van der Waals surface area contributed by atoms with E-state index in [1.54, 1.807) is 12.1 Å². The van der Waals surface area contributed by atoms with Gasteiger partial charge in [0.1, 0.15) is 22.5 Å². The Morgan fingerprint density at radius 1 is 1.44 bits per heavy atom. The summed E-state index contributed by atoms with van der Waals surface area (Å²) >= 11 is 1.19. The predicted molar refractivity (Wildman–Crippen MR) is 69.7 cm³/mol. The Morgan fingerprint density at radius 3 is 2.72 bits per heavy atom. The molecule has 0 atom stereocenters. The smallest absolute Gasteiger partial charge is 0.157 e. The zero-order valence-corrected chi connectivity index (χ0v) is 10.5. The minimum atomic E-state index is -0.263. The Kier molecular flexibility index (Phi) is 3.44. The highest BCUT2D eigenvalue weighted by Crippen LogP contribution is 2.29. The minimum Gasteiger partial charge on any atom is -0.382 e. The van der Waals surface area contributed by atoms with Crippen molar-refractivity contribution in [3.8, 4) is 6.07 Å². The summed E-state index contributed by atoms with van der Waals surface area (Å²) in [4.78, 5) is 1.87. The summed E-state index contributed by atoms with van der Waals surface area (Å²) in [5.41, 5.74) is 6.95. The molecule has 2 rings (SSSR count). The maximum absolute atomic E-state index is 12.8. The second kappa shape index (κ2) is 5.02. The van der Waals surface area contributed by atoms with Crippen LogP contribution >= 0.6 is 11.5 Å². The van der Waals surface area contributed by atoms with Crippen LogP contribution in [0.5, 0.6) is 0 Å². The number of hydrogen-bond acceptors (Lipinski definition) is 5. The Bertz CT molecular complexity index is 585. The van der Waals surface area contributed by atoms with Crippen LogP contribution in [0.15, 0.2) is 24.3 Å². The second-order valence-corrected chi connectivity index (χ2v) is 4.59. The molecule has 2 N–H and O–H groups in total. The van der Waals surface area contributed by atoms with Crippen LogP contribution in [-0.4, -0.2) is 11.4 Å². The first-order valence-corrected chi connectivity index (χ1v) is 6.00. The molecule has 6 heteroatoms. The van der Waals surface area contributed by atoms with E-state index < -0.39 is 0 Å². The van der Waals surface area contributed by atoms with Crippen LogP contribution in [0, 0.1) is 17.1 Å². The van der Waals surface area contributed by atoms with Crippen molar-refractivity contribution in [3.63, 3.8) is 0 Å². The second-order valence-electron chi connectivity index (χ2n) is 3.84. The van der Waals surface area contributed by atoms with Gasteiger partial charge in [0.05, 0.1) is 0 Å². The average molecular weight is 262 g/mol. The van der Waals surface area contributed by atoms with Crippen LogP contribution in [-0.2, 0) is 6.54 Å². The van der Waals surface area contributed by atoms with E-state index in [1.165, 1.54) is 23.7 Å². The molecule has 18 heavy (non-hydrogen) atoms. The Morgan fingerprint density at radius 2 is 2.11 bits per heavy atom. The lowest BCUT2D eigenvalue weighted by molar-refractivity contribution is 0.627. The van der Waals surface area contributed by atoms with E-state index in [4.69, 9.17) is 11.0 Å². The van der Waals surface area contributed by atoms with E-state index in [0.717, 1.165) is 10.6 Å². The van der Waals surface area contributed by atoms with Gasteiger partial charge in [-0.2, -0.15) is 9.64 Å². The maximum atomic E-state index is 12.8. The summed E-state index contributed by atoms with van der Waals surface area (Å²) in [5.74, 6) is -0.00962. The summed E-state index contributed by atoms with van der Waals surface area (Å²) in [6.07, 6.45) is 0. The predicted octanol–water partition coefficient (Wildman–Crippen LogP) is 2.37. The van der Waals surface area contributed by atoms with Crippen molar-refractivity contribution in [1.29, 1.82) is 5.26 Å². The largest absolute Gasteiger partial charge is 0.382 e. The van der Waals surface area contributed by atoms with Crippen molar-refractivity contribution in [1.82, 2.24) is 4.37 Å². The molecule has 0 spiro atoms. The molecule has 0 unspecified atom stereocenters. The minimum absolute atomic E-state index is 0.253. The summed E-state index contributed by atoms with van der Waals surface area (Å²) in [6.45, 7) is 0.566. The first kappa shape index (κ1) is 12.3. The molecule has 0 radical (unpaired) electrons. The fourth-order valence-corrected chi connectivity index (χ4v) is 2.32. The molecular weight excluding hydrogens is 251 g/mol. The Balaban J connectivity index is 2.19. The molecule has 0 bridgehead atoms. The topological polar surface area (TPSA) is 65.9 Å². The summed E-state index contributed by atoms with van der Waals surface area (Å²) in [5, 5.41) is 9.72. The van der Waals surface area contributed by atoms with Crippen LogP contribution in [0.4, 0.5) is 15.2 Å². The third kappa shape index (κ3) is 2.41. The molecule has 4 nitrogen and oxygen atoms in total. The SMILES string of the molecule is CN(Cc1ccc(F)cc1)c1snc(N)c1C#N. The van der Waals surface area contributed by atoms with Crippen LogP contribution in [0.1, 0.15) is 11.1 Å². The molecule has 0 aliphatic heterocycles. The standard InChI is InChI=1S/C12H11FN4S/c1-17(7-8-2-4-9(13)5-3-8)12-10(6-14)11(15)16-18-12/h2-5H,7H2,1H3,(H2,15,16). The maximum Gasteiger partial charge on any atom is 0.157 e. The van der Waals surface area contributed by atoms with Crippen molar-refractivity contribution >= 4 is 22.4 Å². The molecule has 0 amide bonds. The number of nitrogens with zero attached hydrogens (tertiary/aromatic N) is 3. The zero-order chi connectivity index (χ0) is 13.1. The fraction of sp³-hybridized carbons (Fsp3) is 0.167. The van der Waals surface area contributed by atoms with Crippen LogP contribution in [0.2, 0.25) is 0 Å². The van der Waals surface area contributed by atoms with E-state index in [2.05, 4.69) is 4.37 Å². The van der Waals surface area contributed by atoms with Gasteiger partial charge in [-0.1, -0.05) is 12.1 Å². The number of benzene rings is 1. The highest BCUT2D eigenvalue weighted by molar-refractivity contribution is 7.10. The quantitative estimate of drug-likeness (QED) is 0.922. The number of halogens is 1. The van der Waals surface area contributed by atoms with Gasteiger partial charge in [-0.05, 0) is 29.2 Å². The van der Waals surface area contributed by atoms with Crippen molar-refractivity contribution in [3.05, 3.63) is 41.2 Å². The number of nitriles is 1. The van der Waals surface area contributed by atoms with Crippen molar-refractivity contribution < 1.29 is 4.39 Å². The summed E-state index contributed by atoms with van der Waals surface area (Å²) < 4.78 is 16.7. The normalized spacial score (nSPS) is 10.1. The number of rotatable bonds is 3. The van der Waals surface area contributed by atoms with Gasteiger partial charge in [0.2, 0.25) is 0 Å². The van der Waals surface area contributed by atoms with Gasteiger partial charge < -0.3 is 10.6 Å². The molecule has 2 aromatic rings. The lowest BCUT2D eigenvalue weighted by Gasteiger charge is -2.17. The molecule has 0 saturated heterocycles. The van der Waals surface area contributed by atoms with Crippen molar-refractivity contribution in [2.24, 2.45) is 0 Å². The van der Waals surface area contributed by atoms with Gasteiger partial charge in [-0.25, -0.2) is 4.39 Å². The van der Waals surface area contributed by atoms with Crippen LogP contribution in [0.25, 0.3) is 0 Å². The molecule has 92 valence electrons. The van der Waals surface area contributed by atoms with Gasteiger partial charge in [0.25, 0.3) is 0 Å². The number of nitrogens with two attached hydrogens (primary N) is 1. The van der Waals surface area contributed by atoms with Crippen LogP contribution < -0.4 is 10.6 Å². The van der Waals surface area contributed by atoms with Gasteiger partial charge in [0.15, 0.2) is 5.82 Å². The number of nitrogen functional groups attached to an aromatic ring is 1. The molecule has 1 aromatic carbocycles. The summed E-state index contributed by atoms with van der Waals surface area (Å²) in [7, 11) is 1.84. The van der Waals surface area contributed by atoms with E-state index in [-0.39, 0.29) is 11.6 Å². The fourth-order valence-electron chi connectivity index (χ4n) is 1.59. The van der Waals surface area contributed by atoms with Gasteiger partial charge in [-0.3, -0.25) is 0 Å². The lowest BCUT2D eigenvalue weighted by Crippen LogP contribution is -2.16. The third-order valence-corrected chi connectivity index (χ3v) is 3.47. The first-order valence-electron chi connectivity index (χ1n) is 5.22. The molecule has 0 fully saturated rings. The third-order valence-electron chi connectivity index (χ3n) is 2.49. The van der Waals surface area contributed by atoms with Gasteiger partial charge in [0, 0.05) is 13.6 Å². The highest BCUT2D eigenvalue weighted by atomic mass is 32.1. The molecule has 1 heterocycles.